The number of hydrogen-bond acceptors (Lipinski definition) is 3. The van der Waals surface area contributed by atoms with Gasteiger partial charge in [0.1, 0.15) is 5.75 Å². The van der Waals surface area contributed by atoms with Gasteiger partial charge in [-0.2, -0.15) is 0 Å². The molecule has 0 fully saturated rings. The second-order valence-corrected chi connectivity index (χ2v) is 3.13. The molecule has 4 heteroatoms. The molecule has 1 N–H and O–H groups in total. The highest BCUT2D eigenvalue weighted by atomic mass is 16.5. The van der Waals surface area contributed by atoms with Gasteiger partial charge in [-0.3, -0.25) is 0 Å². The molecule has 0 bridgehead atoms. The minimum atomic E-state index is -0.805. The maximum Gasteiger partial charge on any atom is 0.492 e. The van der Waals surface area contributed by atoms with Crippen molar-refractivity contribution in [1.82, 2.24) is 0 Å². The van der Waals surface area contributed by atoms with Gasteiger partial charge in [0.15, 0.2) is 0 Å². The molecule has 68 valence electrons. The summed E-state index contributed by atoms with van der Waals surface area (Å²) in [5, 5.41) is 9.49. The summed E-state index contributed by atoms with van der Waals surface area (Å²) >= 11 is 0. The highest BCUT2D eigenvalue weighted by Crippen LogP contribution is 2.24. The van der Waals surface area contributed by atoms with Crippen molar-refractivity contribution in [2.45, 2.75) is 13.0 Å². The Balaban J connectivity index is 2.46. The lowest BCUT2D eigenvalue weighted by atomic mass is 9.79. The second kappa shape index (κ2) is 3.05. The molecule has 0 radical (unpaired) electrons. The van der Waals surface area contributed by atoms with Crippen LogP contribution in [0.3, 0.4) is 0 Å². The monoisotopic (exact) mass is 178 g/mol. The number of benzene rings is 1. The number of ether oxygens (including phenoxy) is 1. The van der Waals surface area contributed by atoms with Gasteiger partial charge < -0.3 is 14.4 Å². The molecular weight excluding hydrogens is 167 g/mol. The minimum Gasteiger partial charge on any atom is -0.497 e. The largest absolute Gasteiger partial charge is 0.497 e. The Bertz CT molecular complexity index is 327. The van der Waals surface area contributed by atoms with E-state index in [0.717, 1.165) is 16.8 Å². The Labute approximate surface area is 77.4 Å². The van der Waals surface area contributed by atoms with E-state index in [1.54, 1.807) is 7.11 Å². The van der Waals surface area contributed by atoms with Gasteiger partial charge in [0.05, 0.1) is 13.2 Å². The van der Waals surface area contributed by atoms with Gasteiger partial charge in [0.25, 0.3) is 0 Å². The molecule has 1 aliphatic heterocycles. The third-order valence-corrected chi connectivity index (χ3v) is 2.33. The van der Waals surface area contributed by atoms with E-state index in [-0.39, 0.29) is 6.10 Å². The Hall–Kier alpha value is -0.995. The summed E-state index contributed by atoms with van der Waals surface area (Å²) in [5.74, 6) is 0.746. The first-order valence-electron chi connectivity index (χ1n) is 4.23. The average Bonchev–Trinajstić information content (AvgIpc) is 2.42. The Kier molecular flexibility index (Phi) is 2.02. The molecule has 1 aromatic rings. The second-order valence-electron chi connectivity index (χ2n) is 3.13. The van der Waals surface area contributed by atoms with Crippen molar-refractivity contribution < 1.29 is 14.4 Å². The van der Waals surface area contributed by atoms with Crippen LogP contribution in [-0.2, 0) is 4.65 Å². The molecule has 1 aliphatic rings. The van der Waals surface area contributed by atoms with Gasteiger partial charge in [-0.25, -0.2) is 0 Å². The number of methoxy groups -OCH3 is 1. The summed E-state index contributed by atoms with van der Waals surface area (Å²) < 4.78 is 10.3. The van der Waals surface area contributed by atoms with E-state index in [1.807, 2.05) is 25.1 Å². The summed E-state index contributed by atoms with van der Waals surface area (Å²) in [4.78, 5) is 0. The van der Waals surface area contributed by atoms with Crippen molar-refractivity contribution in [3.05, 3.63) is 23.8 Å². The third kappa shape index (κ3) is 1.32. The zero-order valence-electron chi connectivity index (χ0n) is 7.65. The van der Waals surface area contributed by atoms with Gasteiger partial charge in [-0.15, -0.1) is 0 Å². The van der Waals surface area contributed by atoms with E-state index < -0.39 is 7.12 Å². The standard InChI is InChI=1S/C9H11BO3/c1-6-8-4-3-7(12-2)5-9(8)10(11)13-6/h3-6,11H,1-2H3. The van der Waals surface area contributed by atoms with E-state index >= 15 is 0 Å². The van der Waals surface area contributed by atoms with Gasteiger partial charge >= 0.3 is 7.12 Å². The zero-order valence-corrected chi connectivity index (χ0v) is 7.65. The molecule has 2 rings (SSSR count). The van der Waals surface area contributed by atoms with Crippen LogP contribution < -0.4 is 10.2 Å². The van der Waals surface area contributed by atoms with E-state index in [4.69, 9.17) is 9.39 Å². The van der Waals surface area contributed by atoms with Crippen LogP contribution in [0.4, 0.5) is 0 Å². The van der Waals surface area contributed by atoms with Crippen LogP contribution in [-0.4, -0.2) is 19.3 Å². The SMILES string of the molecule is COc1ccc2c(c1)B(O)OC2C. The molecule has 0 saturated heterocycles. The minimum absolute atomic E-state index is 0.0316. The highest BCUT2D eigenvalue weighted by molar-refractivity contribution is 6.61. The van der Waals surface area contributed by atoms with Gasteiger partial charge in [-0.05, 0) is 30.1 Å². The van der Waals surface area contributed by atoms with E-state index in [2.05, 4.69) is 0 Å². The molecule has 0 aliphatic carbocycles. The van der Waals surface area contributed by atoms with E-state index in [0.29, 0.717) is 0 Å². The quantitative estimate of drug-likeness (QED) is 0.635. The van der Waals surface area contributed by atoms with E-state index in [9.17, 15) is 5.02 Å². The van der Waals surface area contributed by atoms with Crippen molar-refractivity contribution in [3.63, 3.8) is 0 Å². The van der Waals surface area contributed by atoms with Crippen molar-refractivity contribution in [2.24, 2.45) is 0 Å². The molecule has 3 nitrogen and oxygen atoms in total. The Morgan fingerprint density at radius 1 is 1.54 bits per heavy atom. The van der Waals surface area contributed by atoms with E-state index in [1.165, 1.54) is 0 Å². The molecule has 13 heavy (non-hydrogen) atoms. The van der Waals surface area contributed by atoms with Crippen LogP contribution in [0.5, 0.6) is 5.75 Å². The highest BCUT2D eigenvalue weighted by Gasteiger charge is 2.32. The number of fused-ring (bicyclic) bond motifs is 1. The van der Waals surface area contributed by atoms with Crippen LogP contribution in [0.25, 0.3) is 0 Å². The lowest BCUT2D eigenvalue weighted by Crippen LogP contribution is -2.27. The third-order valence-electron chi connectivity index (χ3n) is 2.33. The van der Waals surface area contributed by atoms with Crippen LogP contribution >= 0.6 is 0 Å². The first-order valence-corrected chi connectivity index (χ1v) is 4.23. The lowest BCUT2D eigenvalue weighted by Gasteiger charge is -2.04. The molecule has 1 atom stereocenters. The first kappa shape index (κ1) is 8.60. The fraction of sp³-hybridized carbons (Fsp3) is 0.333. The molecule has 0 saturated carbocycles. The maximum atomic E-state index is 9.49. The van der Waals surface area contributed by atoms with Crippen molar-refractivity contribution in [3.8, 4) is 5.75 Å². The lowest BCUT2D eigenvalue weighted by molar-refractivity contribution is 0.209. The van der Waals surface area contributed by atoms with Gasteiger partial charge in [0.2, 0.25) is 0 Å². The van der Waals surface area contributed by atoms with Crippen LogP contribution in [0.1, 0.15) is 18.6 Å². The summed E-state index contributed by atoms with van der Waals surface area (Å²) in [6.45, 7) is 1.92. The zero-order chi connectivity index (χ0) is 9.42. The normalized spacial score (nSPS) is 20.2. The fourth-order valence-electron chi connectivity index (χ4n) is 1.60. The first-order chi connectivity index (χ1) is 6.22. The molecular formula is C9H11BO3. The smallest absolute Gasteiger partial charge is 0.492 e. The fourth-order valence-corrected chi connectivity index (χ4v) is 1.60. The molecule has 1 aromatic carbocycles. The number of hydrogen-bond donors (Lipinski definition) is 1. The van der Waals surface area contributed by atoms with Gasteiger partial charge in [-0.1, -0.05) is 6.07 Å². The Morgan fingerprint density at radius 3 is 3.00 bits per heavy atom. The van der Waals surface area contributed by atoms with Crippen LogP contribution in [0.15, 0.2) is 18.2 Å². The summed E-state index contributed by atoms with van der Waals surface area (Å²) in [7, 11) is 0.799. The average molecular weight is 178 g/mol. The topological polar surface area (TPSA) is 38.7 Å². The summed E-state index contributed by atoms with van der Waals surface area (Å²) in [6.07, 6.45) is -0.0316. The van der Waals surface area contributed by atoms with Crippen LogP contribution in [0, 0.1) is 0 Å². The molecule has 0 aromatic heterocycles. The Morgan fingerprint density at radius 2 is 2.31 bits per heavy atom. The van der Waals surface area contributed by atoms with Crippen LogP contribution in [0.2, 0.25) is 0 Å². The predicted molar refractivity (Wildman–Crippen MR) is 50.1 cm³/mol. The number of rotatable bonds is 1. The maximum absolute atomic E-state index is 9.49. The van der Waals surface area contributed by atoms with Gasteiger partial charge in [0, 0.05) is 0 Å². The van der Waals surface area contributed by atoms with Crippen molar-refractivity contribution in [2.75, 3.05) is 7.11 Å². The summed E-state index contributed by atoms with van der Waals surface area (Å²) in [6, 6.07) is 5.61. The van der Waals surface area contributed by atoms with Crippen molar-refractivity contribution >= 4 is 12.6 Å². The predicted octanol–water partition coefficient (Wildman–Crippen LogP) is 0.474. The molecule has 1 heterocycles. The molecule has 1 unspecified atom stereocenters. The molecule has 0 spiro atoms. The summed E-state index contributed by atoms with van der Waals surface area (Å²) in [5.41, 5.74) is 1.85. The molecule has 0 amide bonds. The van der Waals surface area contributed by atoms with Crippen molar-refractivity contribution in [1.29, 1.82) is 0 Å².